The predicted octanol–water partition coefficient (Wildman–Crippen LogP) is 3.52. The van der Waals surface area contributed by atoms with E-state index in [2.05, 4.69) is 34.5 Å². The van der Waals surface area contributed by atoms with Crippen LogP contribution in [0.2, 0.25) is 0 Å². The number of nitrogens with one attached hydrogen (secondary N) is 1. The second-order valence-corrected chi connectivity index (χ2v) is 10.2. The molecule has 0 bridgehead atoms. The van der Waals surface area contributed by atoms with Crippen LogP contribution < -0.4 is 5.32 Å². The molecular weight excluding hydrogens is 448 g/mol. The van der Waals surface area contributed by atoms with Gasteiger partial charge in [-0.3, -0.25) is 4.79 Å². The Balaban J connectivity index is 0.000000509. The number of nitrogens with zero attached hydrogens (tertiary/aromatic N) is 1. The highest BCUT2D eigenvalue weighted by Crippen LogP contribution is 2.42. The Kier molecular flexibility index (Phi) is 10.1. The van der Waals surface area contributed by atoms with Crippen molar-refractivity contribution in [2.75, 3.05) is 19.6 Å². The maximum atomic E-state index is 13.2. The molecular formula is C27H40N2O6. The number of carboxylic acid groups (broad SMARTS) is 2. The summed E-state index contributed by atoms with van der Waals surface area (Å²) in [5, 5.41) is 28.8. The standard InChI is InChI=1S/C25H38N2O2.C2H2O4/c28-23(13-17-26-19-25(29)15-7-2-8-16-25)27-18-14-20-9-5-6-12-22(20)24(27)21-10-3-1-4-11-21;3-1(4)2(5)6/h5-6,9,12,21,24,26,29H,1-4,7-8,10-11,13-19H2;(H,3,4)(H,5,6). The van der Waals surface area contributed by atoms with Gasteiger partial charge in [0.2, 0.25) is 5.91 Å². The zero-order chi connectivity index (χ0) is 25.3. The van der Waals surface area contributed by atoms with E-state index in [1.165, 1.54) is 49.7 Å². The fourth-order valence-corrected chi connectivity index (χ4v) is 5.88. The van der Waals surface area contributed by atoms with Gasteiger partial charge in [0.1, 0.15) is 0 Å². The van der Waals surface area contributed by atoms with Gasteiger partial charge >= 0.3 is 11.9 Å². The molecule has 0 radical (unpaired) electrons. The molecule has 2 fully saturated rings. The first kappa shape index (κ1) is 27.1. The molecule has 1 aliphatic heterocycles. The highest BCUT2D eigenvalue weighted by molar-refractivity contribution is 6.27. The molecule has 4 rings (SSSR count). The van der Waals surface area contributed by atoms with E-state index in [1.807, 2.05) is 0 Å². The number of carbonyl (C=O) groups excluding carboxylic acids is 1. The van der Waals surface area contributed by atoms with Gasteiger partial charge in [-0.2, -0.15) is 0 Å². The summed E-state index contributed by atoms with van der Waals surface area (Å²) in [7, 11) is 0. The average Bonchev–Trinajstić information content (AvgIpc) is 2.87. The van der Waals surface area contributed by atoms with E-state index in [0.29, 0.717) is 25.4 Å². The molecule has 3 aliphatic rings. The van der Waals surface area contributed by atoms with Crippen LogP contribution in [0.25, 0.3) is 0 Å². The third kappa shape index (κ3) is 7.77. The second-order valence-electron chi connectivity index (χ2n) is 10.2. The van der Waals surface area contributed by atoms with Crippen molar-refractivity contribution in [2.45, 2.75) is 88.7 Å². The van der Waals surface area contributed by atoms with Gasteiger partial charge in [0, 0.05) is 26.1 Å². The average molecular weight is 489 g/mol. The fraction of sp³-hybridized carbons (Fsp3) is 0.667. The van der Waals surface area contributed by atoms with Crippen LogP contribution in [-0.4, -0.2) is 63.3 Å². The highest BCUT2D eigenvalue weighted by Gasteiger charge is 2.36. The number of amides is 1. The number of rotatable bonds is 6. The summed E-state index contributed by atoms with van der Waals surface area (Å²) < 4.78 is 0. The van der Waals surface area contributed by atoms with Crippen LogP contribution in [0.15, 0.2) is 24.3 Å². The van der Waals surface area contributed by atoms with Crippen LogP contribution in [0, 0.1) is 5.92 Å². The van der Waals surface area contributed by atoms with E-state index in [9.17, 15) is 9.90 Å². The van der Waals surface area contributed by atoms with Crippen molar-refractivity contribution >= 4 is 17.8 Å². The minimum absolute atomic E-state index is 0.260. The maximum Gasteiger partial charge on any atom is 0.414 e. The number of benzene rings is 1. The molecule has 4 N–H and O–H groups in total. The van der Waals surface area contributed by atoms with Crippen molar-refractivity contribution in [3.8, 4) is 0 Å². The van der Waals surface area contributed by atoms with Crippen molar-refractivity contribution in [2.24, 2.45) is 5.92 Å². The number of hydrogen-bond acceptors (Lipinski definition) is 5. The van der Waals surface area contributed by atoms with Crippen LogP contribution in [0.4, 0.5) is 0 Å². The largest absolute Gasteiger partial charge is 0.473 e. The summed E-state index contributed by atoms with van der Waals surface area (Å²) in [5.74, 6) is -2.77. The quantitative estimate of drug-likeness (QED) is 0.356. The molecule has 0 saturated heterocycles. The van der Waals surface area contributed by atoms with E-state index in [1.54, 1.807) is 0 Å². The third-order valence-electron chi connectivity index (χ3n) is 7.69. The van der Waals surface area contributed by atoms with Gasteiger partial charge in [-0.25, -0.2) is 9.59 Å². The Labute approximate surface area is 207 Å². The summed E-state index contributed by atoms with van der Waals surface area (Å²) in [4.78, 5) is 33.6. The van der Waals surface area contributed by atoms with Gasteiger partial charge in [0.15, 0.2) is 0 Å². The summed E-state index contributed by atoms with van der Waals surface area (Å²) in [6, 6.07) is 9.03. The minimum atomic E-state index is -1.82. The van der Waals surface area contributed by atoms with Crippen LogP contribution in [0.1, 0.15) is 87.8 Å². The maximum absolute atomic E-state index is 13.2. The number of carboxylic acids is 2. The molecule has 8 nitrogen and oxygen atoms in total. The third-order valence-corrected chi connectivity index (χ3v) is 7.69. The lowest BCUT2D eigenvalue weighted by Gasteiger charge is -2.43. The molecule has 0 aromatic heterocycles. The molecule has 1 atom stereocenters. The number of hydrogen-bond donors (Lipinski definition) is 4. The first-order valence-electron chi connectivity index (χ1n) is 13.1. The topological polar surface area (TPSA) is 127 Å². The number of fused-ring (bicyclic) bond motifs is 1. The van der Waals surface area contributed by atoms with Crippen LogP contribution in [0.3, 0.4) is 0 Å². The molecule has 2 saturated carbocycles. The molecule has 2 aliphatic carbocycles. The van der Waals surface area contributed by atoms with Crippen LogP contribution in [-0.2, 0) is 20.8 Å². The van der Waals surface area contributed by atoms with Crippen molar-refractivity contribution in [1.82, 2.24) is 10.2 Å². The zero-order valence-electron chi connectivity index (χ0n) is 20.6. The van der Waals surface area contributed by atoms with Crippen LogP contribution in [0.5, 0.6) is 0 Å². The minimum Gasteiger partial charge on any atom is -0.473 e. The second kappa shape index (κ2) is 13.0. The van der Waals surface area contributed by atoms with Gasteiger partial charge in [0.25, 0.3) is 0 Å². The van der Waals surface area contributed by atoms with Crippen molar-refractivity contribution in [3.05, 3.63) is 35.4 Å². The first-order chi connectivity index (χ1) is 16.8. The normalized spacial score (nSPS) is 21.9. The number of aliphatic carboxylic acids is 2. The highest BCUT2D eigenvalue weighted by atomic mass is 16.4. The monoisotopic (exact) mass is 488 g/mol. The lowest BCUT2D eigenvalue weighted by molar-refractivity contribution is -0.159. The molecule has 1 aromatic rings. The zero-order valence-corrected chi connectivity index (χ0v) is 20.6. The van der Waals surface area contributed by atoms with E-state index < -0.39 is 17.5 Å². The Bertz CT molecular complexity index is 849. The van der Waals surface area contributed by atoms with Gasteiger partial charge in [-0.05, 0) is 49.1 Å². The Hall–Kier alpha value is -2.45. The molecule has 35 heavy (non-hydrogen) atoms. The number of aliphatic hydroxyl groups is 1. The number of carbonyl (C=O) groups is 3. The smallest absolute Gasteiger partial charge is 0.414 e. The van der Waals surface area contributed by atoms with Crippen LogP contribution >= 0.6 is 0 Å². The lowest BCUT2D eigenvalue weighted by atomic mass is 9.77. The van der Waals surface area contributed by atoms with Gasteiger partial charge in [0.05, 0.1) is 11.6 Å². The Morgan fingerprint density at radius 3 is 2.23 bits per heavy atom. The SMILES string of the molecule is O=C(CCNCC1(O)CCCCC1)N1CCc2ccccc2C1C1CCCCC1.O=C(O)C(=O)O. The van der Waals surface area contributed by atoms with Crippen molar-refractivity contribution < 1.29 is 29.7 Å². The molecule has 1 amide bonds. The summed E-state index contributed by atoms with van der Waals surface area (Å²) in [6.07, 6.45) is 13.2. The Morgan fingerprint density at radius 2 is 1.57 bits per heavy atom. The Morgan fingerprint density at radius 1 is 0.943 bits per heavy atom. The summed E-state index contributed by atoms with van der Waals surface area (Å²) in [5.41, 5.74) is 2.27. The van der Waals surface area contributed by atoms with E-state index >= 15 is 0 Å². The fourth-order valence-electron chi connectivity index (χ4n) is 5.88. The van der Waals surface area contributed by atoms with Gasteiger partial charge in [-0.1, -0.05) is 62.8 Å². The molecule has 8 heteroatoms. The summed E-state index contributed by atoms with van der Waals surface area (Å²) >= 11 is 0. The molecule has 194 valence electrons. The van der Waals surface area contributed by atoms with Gasteiger partial charge in [-0.15, -0.1) is 0 Å². The summed E-state index contributed by atoms with van der Waals surface area (Å²) in [6.45, 7) is 2.13. The van der Waals surface area contributed by atoms with Crippen molar-refractivity contribution in [1.29, 1.82) is 0 Å². The molecule has 1 aromatic carbocycles. The lowest BCUT2D eigenvalue weighted by Crippen LogP contribution is -2.46. The van der Waals surface area contributed by atoms with E-state index in [4.69, 9.17) is 19.8 Å². The first-order valence-corrected chi connectivity index (χ1v) is 13.1. The van der Waals surface area contributed by atoms with Crippen molar-refractivity contribution in [3.63, 3.8) is 0 Å². The predicted molar refractivity (Wildman–Crippen MR) is 132 cm³/mol. The molecule has 1 unspecified atom stereocenters. The molecule has 1 heterocycles. The van der Waals surface area contributed by atoms with Gasteiger partial charge < -0.3 is 25.5 Å². The molecule has 0 spiro atoms. The van der Waals surface area contributed by atoms with E-state index in [-0.39, 0.29) is 11.9 Å². The van der Waals surface area contributed by atoms with E-state index in [0.717, 1.165) is 38.6 Å².